The fourth-order valence-corrected chi connectivity index (χ4v) is 5.74. The van der Waals surface area contributed by atoms with E-state index in [9.17, 15) is 14.5 Å². The Balaban J connectivity index is 2.49. The number of unbranched alkanes of at least 4 members (excludes halogenated alkanes) is 12. The van der Waals surface area contributed by atoms with Gasteiger partial charge >= 0.3 is 7.60 Å². The van der Waals surface area contributed by atoms with Gasteiger partial charge in [0.05, 0.1) is 19.3 Å². The molecule has 1 aromatic rings. The molecule has 6 nitrogen and oxygen atoms in total. The summed E-state index contributed by atoms with van der Waals surface area (Å²) in [6.45, 7) is 5.55. The molecule has 0 saturated heterocycles. The van der Waals surface area contributed by atoms with E-state index in [0.29, 0.717) is 6.42 Å². The lowest BCUT2D eigenvalue weighted by Gasteiger charge is -2.19. The van der Waals surface area contributed by atoms with E-state index >= 15 is 4.39 Å². The highest BCUT2D eigenvalue weighted by Crippen LogP contribution is 2.56. The lowest BCUT2D eigenvalue weighted by molar-refractivity contribution is -0.121. The topological polar surface area (TPSA) is 84.9 Å². The van der Waals surface area contributed by atoms with Crippen LogP contribution in [0.5, 0.6) is 5.75 Å². The molecular weight excluding hydrogens is 504 g/mol. The maximum absolute atomic E-state index is 15.0. The van der Waals surface area contributed by atoms with E-state index in [4.69, 9.17) is 9.05 Å². The van der Waals surface area contributed by atoms with Gasteiger partial charge in [0, 0.05) is 6.42 Å². The molecule has 1 amide bonds. The van der Waals surface area contributed by atoms with Crippen molar-refractivity contribution >= 4 is 13.5 Å². The number of hydrogen-bond donors (Lipinski definition) is 2. The van der Waals surface area contributed by atoms with Crippen LogP contribution in [0.3, 0.4) is 0 Å². The Labute approximate surface area is 230 Å². The molecule has 0 aromatic heterocycles. The molecule has 2 N–H and O–H groups in total. The van der Waals surface area contributed by atoms with Crippen LogP contribution in [0.2, 0.25) is 0 Å². The molecule has 0 heterocycles. The number of carbonyl (C=O) groups is 1. The first-order valence-corrected chi connectivity index (χ1v) is 16.2. The van der Waals surface area contributed by atoms with Crippen molar-refractivity contribution in [1.29, 1.82) is 0 Å². The molecule has 218 valence electrons. The normalized spacial score (nSPS) is 13.0. The van der Waals surface area contributed by atoms with E-state index in [1.165, 1.54) is 76.3 Å². The molecule has 1 aromatic carbocycles. The van der Waals surface area contributed by atoms with Crippen LogP contribution in [0.1, 0.15) is 116 Å². The maximum Gasteiger partial charge on any atom is 0.389 e. The van der Waals surface area contributed by atoms with Gasteiger partial charge in [0.1, 0.15) is 5.75 Å². The second-order valence-electron chi connectivity index (χ2n) is 9.86. The molecule has 0 aliphatic heterocycles. The van der Waals surface area contributed by atoms with Crippen LogP contribution >= 0.6 is 7.60 Å². The third kappa shape index (κ3) is 15.7. The summed E-state index contributed by atoms with van der Waals surface area (Å²) < 4.78 is 38.0. The zero-order chi connectivity index (χ0) is 28.1. The first kappa shape index (κ1) is 34.3. The van der Waals surface area contributed by atoms with Crippen LogP contribution in [0.15, 0.2) is 35.9 Å². The molecule has 38 heavy (non-hydrogen) atoms. The Bertz CT molecular complexity index is 820. The van der Waals surface area contributed by atoms with Crippen molar-refractivity contribution < 1.29 is 27.9 Å². The average molecular weight is 556 g/mol. The molecule has 1 atom stereocenters. The zero-order valence-electron chi connectivity index (χ0n) is 23.9. The molecule has 0 fully saturated rings. The number of phenolic OH excluding ortho intramolecular Hbond substituents is 1. The van der Waals surface area contributed by atoms with Gasteiger partial charge in [-0.3, -0.25) is 9.36 Å². The number of rotatable bonds is 23. The second-order valence-corrected chi connectivity index (χ2v) is 11.8. The fourth-order valence-electron chi connectivity index (χ4n) is 4.38. The molecule has 0 bridgehead atoms. The predicted octanol–water partition coefficient (Wildman–Crippen LogP) is 8.98. The lowest BCUT2D eigenvalue weighted by Crippen LogP contribution is -2.35. The SMILES string of the molecule is CCCCCCCCCCCCCCCC(=O)N[C@H](/C=C(\F)P(=O)(OCC)OCC)Cc1ccc(O)cc1. The first-order chi connectivity index (χ1) is 18.3. The largest absolute Gasteiger partial charge is 0.508 e. The second kappa shape index (κ2) is 21.2. The number of carbonyl (C=O) groups excluding carboxylic acids is 1. The molecular formula is C30H51FNO5P. The molecule has 0 spiro atoms. The summed E-state index contributed by atoms with van der Waals surface area (Å²) >= 11 is 0. The Kier molecular flexibility index (Phi) is 19.1. The molecule has 1 rings (SSSR count). The Hall–Kier alpha value is -1.69. The van der Waals surface area contributed by atoms with Crippen LogP contribution < -0.4 is 5.32 Å². The number of halogens is 1. The van der Waals surface area contributed by atoms with Crippen molar-refractivity contribution in [3.8, 4) is 5.75 Å². The molecule has 0 unspecified atom stereocenters. The van der Waals surface area contributed by atoms with Crippen LogP contribution in [0.4, 0.5) is 4.39 Å². The van der Waals surface area contributed by atoms with Crippen LogP contribution in [0, 0.1) is 0 Å². The van der Waals surface area contributed by atoms with Crippen molar-refractivity contribution in [2.45, 2.75) is 123 Å². The van der Waals surface area contributed by atoms with Gasteiger partial charge in [-0.1, -0.05) is 96.1 Å². The maximum atomic E-state index is 15.0. The molecule has 8 heteroatoms. The summed E-state index contributed by atoms with van der Waals surface area (Å²) in [6, 6.07) is 5.75. The highest BCUT2D eigenvalue weighted by atomic mass is 31.2. The minimum Gasteiger partial charge on any atom is -0.508 e. The summed E-state index contributed by atoms with van der Waals surface area (Å²) in [7, 11) is -4.07. The highest BCUT2D eigenvalue weighted by Gasteiger charge is 2.31. The van der Waals surface area contributed by atoms with E-state index in [1.807, 2.05) is 0 Å². The van der Waals surface area contributed by atoms with Gasteiger partial charge in [0.2, 0.25) is 11.5 Å². The Morgan fingerprint density at radius 2 is 1.34 bits per heavy atom. The number of amides is 1. The summed E-state index contributed by atoms with van der Waals surface area (Å²) in [5.74, 6) is -0.0563. The van der Waals surface area contributed by atoms with E-state index < -0.39 is 19.2 Å². The van der Waals surface area contributed by atoms with Crippen molar-refractivity contribution in [2.24, 2.45) is 0 Å². The van der Waals surface area contributed by atoms with E-state index in [2.05, 4.69) is 12.2 Å². The van der Waals surface area contributed by atoms with E-state index in [0.717, 1.165) is 30.9 Å². The summed E-state index contributed by atoms with van der Waals surface area (Å²) in [5.41, 5.74) is -0.216. The van der Waals surface area contributed by atoms with Crippen LogP contribution in [0.25, 0.3) is 0 Å². The third-order valence-corrected chi connectivity index (χ3v) is 8.31. The number of benzene rings is 1. The first-order valence-electron chi connectivity index (χ1n) is 14.7. The standard InChI is InChI=1S/C30H51FNO5P/c1-4-7-8-9-10-11-12-13-14-15-16-17-18-19-30(34)32-27(24-26-20-22-28(33)23-21-26)25-29(31)38(35,36-5-2)37-6-3/h20-23,25,27,33H,4-19,24H2,1-3H3,(H,32,34)/b29-25+/t27-/m0/s1. The monoisotopic (exact) mass is 555 g/mol. The van der Waals surface area contributed by atoms with E-state index in [1.54, 1.807) is 26.0 Å². The highest BCUT2D eigenvalue weighted by molar-refractivity contribution is 7.58. The van der Waals surface area contributed by atoms with Crippen molar-refractivity contribution in [1.82, 2.24) is 5.32 Å². The summed E-state index contributed by atoms with van der Waals surface area (Å²) in [5, 5.41) is 12.4. The lowest BCUT2D eigenvalue weighted by atomic mass is 10.0. The van der Waals surface area contributed by atoms with Gasteiger partial charge in [0.15, 0.2) is 0 Å². The van der Waals surface area contributed by atoms with Gasteiger partial charge in [0.25, 0.3) is 0 Å². The van der Waals surface area contributed by atoms with Gasteiger partial charge < -0.3 is 19.5 Å². The summed E-state index contributed by atoms with van der Waals surface area (Å²) in [6.07, 6.45) is 17.8. The van der Waals surface area contributed by atoms with Gasteiger partial charge in [-0.2, -0.15) is 4.39 Å². The van der Waals surface area contributed by atoms with Crippen molar-refractivity contribution in [3.63, 3.8) is 0 Å². The van der Waals surface area contributed by atoms with Gasteiger partial charge in [-0.15, -0.1) is 0 Å². The number of aromatic hydroxyl groups is 1. The third-order valence-electron chi connectivity index (χ3n) is 6.44. The van der Waals surface area contributed by atoms with Crippen LogP contribution in [-0.4, -0.2) is 30.3 Å². The Morgan fingerprint density at radius 3 is 1.82 bits per heavy atom. The molecule has 0 radical (unpaired) electrons. The minimum atomic E-state index is -4.07. The van der Waals surface area contributed by atoms with Gasteiger partial charge in [-0.05, 0) is 50.5 Å². The quantitative estimate of drug-likeness (QED) is 0.104. The molecule has 0 saturated carbocycles. The number of phenols is 1. The number of hydrogen-bond acceptors (Lipinski definition) is 5. The van der Waals surface area contributed by atoms with Gasteiger partial charge in [-0.25, -0.2) is 0 Å². The smallest absolute Gasteiger partial charge is 0.389 e. The summed E-state index contributed by atoms with van der Waals surface area (Å²) in [4.78, 5) is 12.6. The zero-order valence-corrected chi connectivity index (χ0v) is 24.8. The Morgan fingerprint density at radius 1 is 0.868 bits per heavy atom. The van der Waals surface area contributed by atoms with E-state index in [-0.39, 0.29) is 31.3 Å². The predicted molar refractivity (Wildman–Crippen MR) is 154 cm³/mol. The number of nitrogens with one attached hydrogen (secondary N) is 1. The average Bonchev–Trinajstić information content (AvgIpc) is 2.88. The van der Waals surface area contributed by atoms with Crippen LogP contribution in [-0.2, 0) is 24.8 Å². The molecule has 0 aliphatic carbocycles. The molecule has 0 aliphatic rings. The minimum absolute atomic E-state index is 0.0343. The van der Waals surface area contributed by atoms with Crippen molar-refractivity contribution in [3.05, 3.63) is 41.5 Å². The fraction of sp³-hybridized carbons (Fsp3) is 0.700. The van der Waals surface area contributed by atoms with Crippen molar-refractivity contribution in [2.75, 3.05) is 13.2 Å².